The van der Waals surface area contributed by atoms with E-state index >= 15 is 0 Å². The number of anilines is 1. The van der Waals surface area contributed by atoms with Crippen LogP contribution >= 0.6 is 11.8 Å². The first-order valence-electron chi connectivity index (χ1n) is 8.00. The number of nitrogens with zero attached hydrogens (tertiary/aromatic N) is 2. The summed E-state index contributed by atoms with van der Waals surface area (Å²) in [5.41, 5.74) is 0.838. The largest absolute Gasteiger partial charge is 0.344 e. The average molecular weight is 372 g/mol. The molecule has 2 aromatic carbocycles. The topological polar surface area (TPSA) is 79.8 Å². The average Bonchev–Trinajstić information content (AvgIpc) is 2.98. The van der Waals surface area contributed by atoms with Crippen LogP contribution in [0.25, 0.3) is 0 Å². The fourth-order valence-corrected chi connectivity index (χ4v) is 3.21. The molecule has 0 unspecified atom stereocenters. The standard InChI is InChI=1S/C18H17FN4O2S/c19-14-8-4-5-9-15(14)20-16(24)10-11-26-18-22-21-17(25)23(18)12-13-6-2-1-3-7-13/h1-9H,10-12H2,(H,20,24)(H,21,25). The summed E-state index contributed by atoms with van der Waals surface area (Å²) in [6.07, 6.45) is 0.172. The molecular formula is C18H17FN4O2S. The van der Waals surface area contributed by atoms with Crippen LogP contribution in [-0.4, -0.2) is 26.4 Å². The zero-order valence-corrected chi connectivity index (χ0v) is 14.6. The fourth-order valence-electron chi connectivity index (χ4n) is 2.33. The maximum Gasteiger partial charge on any atom is 0.344 e. The SMILES string of the molecule is O=C(CCSc1n[nH]c(=O)n1Cc1ccccc1)Nc1ccccc1F. The molecule has 0 aliphatic rings. The first kappa shape index (κ1) is 17.9. The number of para-hydroxylation sites is 1. The minimum absolute atomic E-state index is 0.156. The molecule has 1 heterocycles. The number of hydrogen-bond donors (Lipinski definition) is 2. The highest BCUT2D eigenvalue weighted by molar-refractivity contribution is 7.99. The van der Waals surface area contributed by atoms with Crippen LogP contribution in [0, 0.1) is 5.82 Å². The minimum atomic E-state index is -0.475. The van der Waals surface area contributed by atoms with Gasteiger partial charge in [0.25, 0.3) is 0 Å². The summed E-state index contributed by atoms with van der Waals surface area (Å²) >= 11 is 1.30. The van der Waals surface area contributed by atoms with E-state index in [9.17, 15) is 14.0 Å². The van der Waals surface area contributed by atoms with Gasteiger partial charge in [0, 0.05) is 12.2 Å². The van der Waals surface area contributed by atoms with Crippen LogP contribution in [0.15, 0.2) is 64.5 Å². The van der Waals surface area contributed by atoms with Gasteiger partial charge in [0.05, 0.1) is 12.2 Å². The third kappa shape index (κ3) is 4.60. The molecule has 0 aliphatic heterocycles. The van der Waals surface area contributed by atoms with E-state index in [1.165, 1.54) is 28.5 Å². The lowest BCUT2D eigenvalue weighted by Crippen LogP contribution is -2.18. The summed E-state index contributed by atoms with van der Waals surface area (Å²) < 4.78 is 15.1. The monoisotopic (exact) mass is 372 g/mol. The molecule has 3 rings (SSSR count). The van der Waals surface area contributed by atoms with Crippen LogP contribution in [0.2, 0.25) is 0 Å². The predicted molar refractivity (Wildman–Crippen MR) is 98.8 cm³/mol. The summed E-state index contributed by atoms with van der Waals surface area (Å²) in [4.78, 5) is 23.9. The Kier molecular flexibility index (Phi) is 5.85. The number of carbonyl (C=O) groups excluding carboxylic acids is 1. The number of thioether (sulfide) groups is 1. The molecule has 0 spiro atoms. The number of carbonyl (C=O) groups is 1. The van der Waals surface area contributed by atoms with Gasteiger partial charge in [-0.3, -0.25) is 9.36 Å². The molecule has 0 saturated heterocycles. The molecule has 6 nitrogen and oxygen atoms in total. The van der Waals surface area contributed by atoms with Gasteiger partial charge in [-0.15, -0.1) is 5.10 Å². The molecule has 0 radical (unpaired) electrons. The van der Waals surface area contributed by atoms with E-state index in [1.54, 1.807) is 12.1 Å². The Bertz CT molecular complexity index is 940. The second kappa shape index (κ2) is 8.48. The van der Waals surface area contributed by atoms with Gasteiger partial charge >= 0.3 is 5.69 Å². The van der Waals surface area contributed by atoms with Crippen molar-refractivity contribution in [2.45, 2.75) is 18.1 Å². The Morgan fingerprint density at radius 3 is 2.65 bits per heavy atom. The van der Waals surface area contributed by atoms with Gasteiger partial charge in [-0.2, -0.15) is 0 Å². The Morgan fingerprint density at radius 2 is 1.88 bits per heavy atom. The van der Waals surface area contributed by atoms with E-state index in [4.69, 9.17) is 0 Å². The first-order valence-corrected chi connectivity index (χ1v) is 8.98. The summed E-state index contributed by atoms with van der Waals surface area (Å²) in [5.74, 6) is -0.355. The van der Waals surface area contributed by atoms with Crippen molar-refractivity contribution in [3.63, 3.8) is 0 Å². The second-order valence-corrected chi connectivity index (χ2v) is 6.57. The number of halogens is 1. The van der Waals surface area contributed by atoms with Crippen LogP contribution in [-0.2, 0) is 11.3 Å². The van der Waals surface area contributed by atoms with Crippen LogP contribution < -0.4 is 11.0 Å². The van der Waals surface area contributed by atoms with Crippen molar-refractivity contribution in [3.8, 4) is 0 Å². The quantitative estimate of drug-likeness (QED) is 0.625. The zero-order valence-electron chi connectivity index (χ0n) is 13.8. The molecule has 0 atom stereocenters. The lowest BCUT2D eigenvalue weighted by Gasteiger charge is -2.07. The highest BCUT2D eigenvalue weighted by atomic mass is 32.2. The van der Waals surface area contributed by atoms with Crippen molar-refractivity contribution in [3.05, 3.63) is 76.5 Å². The maximum absolute atomic E-state index is 13.5. The van der Waals surface area contributed by atoms with Crippen LogP contribution in [0.5, 0.6) is 0 Å². The van der Waals surface area contributed by atoms with Crippen molar-refractivity contribution in [1.29, 1.82) is 0 Å². The maximum atomic E-state index is 13.5. The van der Waals surface area contributed by atoms with Crippen LogP contribution in [0.4, 0.5) is 10.1 Å². The van der Waals surface area contributed by atoms with E-state index in [1.807, 2.05) is 30.3 Å². The summed E-state index contributed by atoms with van der Waals surface area (Å²) in [6, 6.07) is 15.6. The summed E-state index contributed by atoms with van der Waals surface area (Å²) in [5, 5.41) is 9.48. The highest BCUT2D eigenvalue weighted by Crippen LogP contribution is 2.17. The van der Waals surface area contributed by atoms with Crippen molar-refractivity contribution in [2.24, 2.45) is 0 Å². The molecule has 1 amide bonds. The number of amides is 1. The summed E-state index contributed by atoms with van der Waals surface area (Å²) in [6.45, 7) is 0.403. The van der Waals surface area contributed by atoms with E-state index < -0.39 is 5.82 Å². The first-order chi connectivity index (χ1) is 12.6. The van der Waals surface area contributed by atoms with E-state index in [-0.39, 0.29) is 23.7 Å². The van der Waals surface area contributed by atoms with Crippen molar-refractivity contribution in [2.75, 3.05) is 11.1 Å². The molecule has 0 aliphatic carbocycles. The van der Waals surface area contributed by atoms with Crippen molar-refractivity contribution >= 4 is 23.4 Å². The smallest absolute Gasteiger partial charge is 0.324 e. The molecule has 8 heteroatoms. The lowest BCUT2D eigenvalue weighted by molar-refractivity contribution is -0.115. The van der Waals surface area contributed by atoms with E-state index in [0.29, 0.717) is 17.5 Å². The molecule has 1 aromatic heterocycles. The van der Waals surface area contributed by atoms with Gasteiger partial charge in [0.2, 0.25) is 5.91 Å². The van der Waals surface area contributed by atoms with E-state index in [0.717, 1.165) is 5.56 Å². The van der Waals surface area contributed by atoms with Gasteiger partial charge in [0.1, 0.15) is 5.82 Å². The second-order valence-electron chi connectivity index (χ2n) is 5.51. The third-order valence-corrected chi connectivity index (χ3v) is 4.59. The number of aromatic nitrogens is 3. The van der Waals surface area contributed by atoms with Crippen molar-refractivity contribution in [1.82, 2.24) is 14.8 Å². The normalized spacial score (nSPS) is 10.7. The van der Waals surface area contributed by atoms with Gasteiger partial charge in [-0.1, -0.05) is 54.2 Å². The molecule has 134 valence electrons. The minimum Gasteiger partial charge on any atom is -0.324 e. The number of benzene rings is 2. The Balaban J connectivity index is 1.56. The van der Waals surface area contributed by atoms with E-state index in [2.05, 4.69) is 15.5 Å². The zero-order chi connectivity index (χ0) is 18.4. The number of rotatable bonds is 7. The number of aromatic amines is 1. The predicted octanol–water partition coefficient (Wildman–Crippen LogP) is 2.88. The fraction of sp³-hybridized carbons (Fsp3) is 0.167. The van der Waals surface area contributed by atoms with Gasteiger partial charge in [0.15, 0.2) is 5.16 Å². The Hall–Kier alpha value is -2.87. The van der Waals surface area contributed by atoms with Gasteiger partial charge in [-0.05, 0) is 17.7 Å². The van der Waals surface area contributed by atoms with Gasteiger partial charge in [-0.25, -0.2) is 14.3 Å². The highest BCUT2D eigenvalue weighted by Gasteiger charge is 2.11. The van der Waals surface area contributed by atoms with Gasteiger partial charge < -0.3 is 5.32 Å². The molecule has 0 saturated carbocycles. The third-order valence-electron chi connectivity index (χ3n) is 3.61. The Labute approximate surface area is 153 Å². The Morgan fingerprint density at radius 1 is 1.15 bits per heavy atom. The van der Waals surface area contributed by atoms with Crippen molar-refractivity contribution < 1.29 is 9.18 Å². The lowest BCUT2D eigenvalue weighted by atomic mass is 10.2. The molecule has 2 N–H and O–H groups in total. The molecule has 3 aromatic rings. The summed E-state index contributed by atoms with van der Waals surface area (Å²) in [7, 11) is 0. The number of hydrogen-bond acceptors (Lipinski definition) is 4. The number of nitrogens with one attached hydrogen (secondary N) is 2. The molecule has 0 bridgehead atoms. The molecule has 0 fully saturated rings. The molecule has 26 heavy (non-hydrogen) atoms. The molecular weight excluding hydrogens is 355 g/mol. The van der Waals surface area contributed by atoms with Crippen LogP contribution in [0.1, 0.15) is 12.0 Å². The number of H-pyrrole nitrogens is 1. The van der Waals surface area contributed by atoms with Crippen LogP contribution in [0.3, 0.4) is 0 Å².